The van der Waals surface area contributed by atoms with Crippen LogP contribution in [-0.2, 0) is 10.0 Å². The second kappa shape index (κ2) is 8.54. The molecule has 0 bridgehead atoms. The highest BCUT2D eigenvalue weighted by molar-refractivity contribution is 7.92. The monoisotopic (exact) mass is 451 g/mol. The maximum absolute atomic E-state index is 12.8. The third-order valence-electron chi connectivity index (χ3n) is 4.22. The first-order valence-corrected chi connectivity index (χ1v) is 11.4. The number of nitrogens with two attached hydrogens (primary N) is 1. The number of aromatic nitrogens is 2. The number of sulfonamides is 1. The number of thiazole rings is 1. The lowest BCUT2D eigenvalue weighted by Crippen LogP contribution is -2.14. The standard InChI is InChI=1S/C21H17N5O3S2/c22-21-25-18(14-6-2-1-3-7-14)19(30-21)20(27)24-15-9-11-16(12-10-15)31(28,29)26-17-8-4-5-13-23-17/h1-13H,(H2,22,25)(H,23,26)(H,24,27). The van der Waals surface area contributed by atoms with E-state index in [9.17, 15) is 13.2 Å². The number of nitrogen functional groups attached to an aromatic ring is 1. The van der Waals surface area contributed by atoms with Crippen LogP contribution in [0.15, 0.2) is 83.9 Å². The van der Waals surface area contributed by atoms with Crippen molar-refractivity contribution in [2.24, 2.45) is 0 Å². The van der Waals surface area contributed by atoms with E-state index < -0.39 is 10.0 Å². The Kier molecular flexibility index (Phi) is 5.65. The van der Waals surface area contributed by atoms with Crippen molar-refractivity contribution < 1.29 is 13.2 Å². The topological polar surface area (TPSA) is 127 Å². The fourth-order valence-electron chi connectivity index (χ4n) is 2.81. The molecule has 4 aromatic rings. The first kappa shape index (κ1) is 20.5. The van der Waals surface area contributed by atoms with Gasteiger partial charge in [0, 0.05) is 17.4 Å². The van der Waals surface area contributed by atoms with Gasteiger partial charge >= 0.3 is 0 Å². The summed E-state index contributed by atoms with van der Waals surface area (Å²) in [4.78, 5) is 21.5. The van der Waals surface area contributed by atoms with E-state index in [2.05, 4.69) is 20.0 Å². The van der Waals surface area contributed by atoms with E-state index in [0.717, 1.165) is 16.9 Å². The highest BCUT2D eigenvalue weighted by atomic mass is 32.2. The van der Waals surface area contributed by atoms with Crippen LogP contribution in [0.2, 0.25) is 0 Å². The summed E-state index contributed by atoms with van der Waals surface area (Å²) in [5, 5.41) is 3.04. The van der Waals surface area contributed by atoms with Crippen molar-refractivity contribution >= 4 is 43.9 Å². The molecular formula is C21H17N5O3S2. The summed E-state index contributed by atoms with van der Waals surface area (Å²) in [6, 6.07) is 20.0. The zero-order chi connectivity index (χ0) is 21.8. The number of nitrogens with one attached hydrogen (secondary N) is 2. The molecule has 10 heteroatoms. The lowest BCUT2D eigenvalue weighted by molar-refractivity contribution is 0.103. The SMILES string of the molecule is Nc1nc(-c2ccccc2)c(C(=O)Nc2ccc(S(=O)(=O)Nc3ccccn3)cc2)s1. The maximum atomic E-state index is 12.8. The van der Waals surface area contributed by atoms with Crippen molar-refractivity contribution in [2.75, 3.05) is 15.8 Å². The van der Waals surface area contributed by atoms with Gasteiger partial charge in [-0.15, -0.1) is 0 Å². The van der Waals surface area contributed by atoms with Crippen molar-refractivity contribution in [2.45, 2.75) is 4.90 Å². The molecule has 8 nitrogen and oxygen atoms in total. The number of carbonyl (C=O) groups excluding carboxylic acids is 1. The highest BCUT2D eigenvalue weighted by Gasteiger charge is 2.19. The molecule has 0 atom stereocenters. The first-order chi connectivity index (χ1) is 14.9. The van der Waals surface area contributed by atoms with Crippen LogP contribution in [0.1, 0.15) is 9.67 Å². The van der Waals surface area contributed by atoms with Gasteiger partial charge in [-0.2, -0.15) is 0 Å². The minimum Gasteiger partial charge on any atom is -0.375 e. The van der Waals surface area contributed by atoms with Crippen LogP contribution in [0.5, 0.6) is 0 Å². The van der Waals surface area contributed by atoms with Gasteiger partial charge in [0.15, 0.2) is 5.13 Å². The molecule has 1 amide bonds. The fourth-order valence-corrected chi connectivity index (χ4v) is 4.57. The average Bonchev–Trinajstić information content (AvgIpc) is 3.17. The second-order valence-electron chi connectivity index (χ2n) is 6.39. The largest absolute Gasteiger partial charge is 0.375 e. The number of amides is 1. The van der Waals surface area contributed by atoms with Gasteiger partial charge in [0.1, 0.15) is 10.7 Å². The molecule has 2 heterocycles. The Morgan fingerprint density at radius 2 is 1.65 bits per heavy atom. The van der Waals surface area contributed by atoms with Crippen molar-refractivity contribution in [1.29, 1.82) is 0 Å². The molecule has 0 saturated heterocycles. The summed E-state index contributed by atoms with van der Waals surface area (Å²) in [5.41, 5.74) is 7.54. The van der Waals surface area contributed by atoms with Gasteiger partial charge in [-0.3, -0.25) is 9.52 Å². The zero-order valence-electron chi connectivity index (χ0n) is 16.0. The number of pyridine rings is 1. The highest BCUT2D eigenvalue weighted by Crippen LogP contribution is 2.30. The quantitative estimate of drug-likeness (QED) is 0.409. The molecule has 2 aromatic carbocycles. The molecule has 4 N–H and O–H groups in total. The van der Waals surface area contributed by atoms with Gasteiger partial charge in [-0.1, -0.05) is 47.7 Å². The van der Waals surface area contributed by atoms with Gasteiger partial charge in [0.05, 0.1) is 10.6 Å². The summed E-state index contributed by atoms with van der Waals surface area (Å²) in [7, 11) is -3.80. The fraction of sp³-hybridized carbons (Fsp3) is 0. The maximum Gasteiger partial charge on any atom is 0.268 e. The van der Waals surface area contributed by atoms with E-state index in [0.29, 0.717) is 16.3 Å². The number of rotatable bonds is 6. The van der Waals surface area contributed by atoms with Crippen molar-refractivity contribution in [3.8, 4) is 11.3 Å². The van der Waals surface area contributed by atoms with Crippen LogP contribution < -0.4 is 15.8 Å². The van der Waals surface area contributed by atoms with Gasteiger partial charge in [-0.05, 0) is 36.4 Å². The van der Waals surface area contributed by atoms with Crippen LogP contribution in [-0.4, -0.2) is 24.3 Å². The Morgan fingerprint density at radius 3 is 2.32 bits per heavy atom. The Hall–Kier alpha value is -3.76. The van der Waals surface area contributed by atoms with Gasteiger partial charge < -0.3 is 11.1 Å². The summed E-state index contributed by atoms with van der Waals surface area (Å²) in [6.07, 6.45) is 1.49. The molecule has 0 unspecified atom stereocenters. The van der Waals surface area contributed by atoms with Gasteiger partial charge in [-0.25, -0.2) is 18.4 Å². The molecule has 0 fully saturated rings. The van der Waals surface area contributed by atoms with E-state index in [-0.39, 0.29) is 21.8 Å². The van der Waals surface area contributed by atoms with E-state index >= 15 is 0 Å². The molecule has 0 spiro atoms. The van der Waals surface area contributed by atoms with E-state index in [1.807, 2.05) is 30.3 Å². The number of nitrogens with zero attached hydrogens (tertiary/aromatic N) is 2. The predicted molar refractivity (Wildman–Crippen MR) is 121 cm³/mol. The Balaban J connectivity index is 1.52. The molecule has 4 rings (SSSR count). The number of anilines is 3. The molecule has 0 aliphatic rings. The Morgan fingerprint density at radius 1 is 0.935 bits per heavy atom. The normalized spacial score (nSPS) is 11.1. The van der Waals surface area contributed by atoms with Crippen molar-refractivity contribution in [1.82, 2.24) is 9.97 Å². The minimum atomic E-state index is -3.80. The Labute approximate surface area is 182 Å². The molecule has 0 saturated carbocycles. The van der Waals surface area contributed by atoms with Gasteiger partial charge in [0.2, 0.25) is 0 Å². The molecule has 0 radical (unpaired) electrons. The molecule has 0 aliphatic heterocycles. The smallest absolute Gasteiger partial charge is 0.268 e. The molecular weight excluding hydrogens is 434 g/mol. The second-order valence-corrected chi connectivity index (χ2v) is 9.11. The van der Waals surface area contributed by atoms with Crippen LogP contribution in [0.25, 0.3) is 11.3 Å². The lowest BCUT2D eigenvalue weighted by Gasteiger charge is -2.09. The van der Waals surface area contributed by atoms with Crippen LogP contribution in [0.4, 0.5) is 16.6 Å². The number of hydrogen-bond donors (Lipinski definition) is 3. The number of hydrogen-bond acceptors (Lipinski definition) is 7. The molecule has 156 valence electrons. The molecule has 2 aromatic heterocycles. The van der Waals surface area contributed by atoms with E-state index in [1.54, 1.807) is 18.2 Å². The van der Waals surface area contributed by atoms with Crippen molar-refractivity contribution in [3.63, 3.8) is 0 Å². The number of carbonyl (C=O) groups is 1. The molecule has 31 heavy (non-hydrogen) atoms. The van der Waals surface area contributed by atoms with E-state index in [1.165, 1.54) is 30.5 Å². The van der Waals surface area contributed by atoms with Crippen LogP contribution >= 0.6 is 11.3 Å². The Bertz CT molecular complexity index is 1310. The summed E-state index contributed by atoms with van der Waals surface area (Å²) in [6.45, 7) is 0. The first-order valence-electron chi connectivity index (χ1n) is 9.09. The van der Waals surface area contributed by atoms with E-state index in [4.69, 9.17) is 5.73 Å². The number of benzene rings is 2. The van der Waals surface area contributed by atoms with Crippen LogP contribution in [0, 0.1) is 0 Å². The lowest BCUT2D eigenvalue weighted by atomic mass is 10.1. The predicted octanol–water partition coefficient (Wildman–Crippen LogP) is 3.84. The summed E-state index contributed by atoms with van der Waals surface area (Å²) < 4.78 is 27.4. The third kappa shape index (κ3) is 4.71. The third-order valence-corrected chi connectivity index (χ3v) is 6.48. The average molecular weight is 452 g/mol. The van der Waals surface area contributed by atoms with Crippen molar-refractivity contribution in [3.05, 3.63) is 83.9 Å². The summed E-state index contributed by atoms with van der Waals surface area (Å²) in [5.74, 6) is -0.161. The van der Waals surface area contributed by atoms with Gasteiger partial charge in [0.25, 0.3) is 15.9 Å². The summed E-state index contributed by atoms with van der Waals surface area (Å²) >= 11 is 1.09. The minimum absolute atomic E-state index is 0.0446. The zero-order valence-corrected chi connectivity index (χ0v) is 17.7. The van der Waals surface area contributed by atoms with Crippen LogP contribution in [0.3, 0.4) is 0 Å². The molecule has 0 aliphatic carbocycles.